The quantitative estimate of drug-likeness (QED) is 0.708. The number of aryl methyl sites for hydroxylation is 2. The van der Waals surface area contributed by atoms with Gasteiger partial charge in [-0.1, -0.05) is 30.3 Å². The number of benzene rings is 2. The number of fused-ring (bicyclic) bond motifs is 1. The van der Waals surface area contributed by atoms with E-state index in [0.29, 0.717) is 19.8 Å². The first-order valence-electron chi connectivity index (χ1n) is 9.48. The lowest BCUT2D eigenvalue weighted by Crippen LogP contribution is -3.12. The Morgan fingerprint density at radius 2 is 1.85 bits per heavy atom. The van der Waals surface area contributed by atoms with Crippen LogP contribution in [0.2, 0.25) is 0 Å². The van der Waals surface area contributed by atoms with Gasteiger partial charge in [-0.25, -0.2) is 0 Å². The van der Waals surface area contributed by atoms with Crippen molar-refractivity contribution < 1.29 is 19.5 Å². The van der Waals surface area contributed by atoms with Crippen LogP contribution in [0.25, 0.3) is 0 Å². The molecule has 4 nitrogen and oxygen atoms in total. The van der Waals surface area contributed by atoms with Crippen molar-refractivity contribution in [2.75, 3.05) is 32.9 Å². The molecular formula is C22H30NO3+. The standard InChI is InChI=1S/C22H29NO3/c1-17-7-8-22(13-18(17)2)26-12-11-25-16-21(24)15-23-10-9-19-5-3-4-6-20(19)14-23/h3-8,13,21,24H,9-12,14-16H2,1-2H3/p+1/t21-/m0/s1. The molecule has 0 spiro atoms. The SMILES string of the molecule is Cc1ccc(OCCOC[C@@H](O)C[NH+]2CCc3ccccc3C2)cc1C. The predicted molar refractivity (Wildman–Crippen MR) is 103 cm³/mol. The van der Waals surface area contributed by atoms with Crippen molar-refractivity contribution in [2.24, 2.45) is 0 Å². The van der Waals surface area contributed by atoms with Gasteiger partial charge in [-0.2, -0.15) is 0 Å². The lowest BCUT2D eigenvalue weighted by molar-refractivity contribution is -0.919. The molecule has 0 saturated heterocycles. The number of aliphatic hydroxyl groups excluding tert-OH is 1. The monoisotopic (exact) mass is 356 g/mol. The third kappa shape index (κ3) is 5.31. The highest BCUT2D eigenvalue weighted by Crippen LogP contribution is 2.16. The van der Waals surface area contributed by atoms with E-state index in [2.05, 4.69) is 44.2 Å². The van der Waals surface area contributed by atoms with E-state index in [1.54, 1.807) is 0 Å². The Balaban J connectivity index is 1.32. The molecule has 0 fully saturated rings. The van der Waals surface area contributed by atoms with Crippen molar-refractivity contribution in [3.8, 4) is 5.75 Å². The molecule has 1 aliphatic heterocycles. The predicted octanol–water partition coefficient (Wildman–Crippen LogP) is 1.70. The summed E-state index contributed by atoms with van der Waals surface area (Å²) in [6.45, 7) is 8.31. The van der Waals surface area contributed by atoms with Crippen LogP contribution in [0.4, 0.5) is 0 Å². The molecule has 26 heavy (non-hydrogen) atoms. The summed E-state index contributed by atoms with van der Waals surface area (Å²) in [5.41, 5.74) is 5.35. The van der Waals surface area contributed by atoms with Gasteiger partial charge in [-0.3, -0.25) is 0 Å². The van der Waals surface area contributed by atoms with Crippen LogP contribution < -0.4 is 9.64 Å². The molecule has 2 aromatic rings. The first kappa shape index (κ1) is 18.9. The molecule has 140 valence electrons. The summed E-state index contributed by atoms with van der Waals surface area (Å²) in [4.78, 5) is 1.42. The van der Waals surface area contributed by atoms with E-state index < -0.39 is 6.10 Å². The molecule has 2 aromatic carbocycles. The van der Waals surface area contributed by atoms with Crippen molar-refractivity contribution in [3.63, 3.8) is 0 Å². The highest BCUT2D eigenvalue weighted by Gasteiger charge is 2.21. The van der Waals surface area contributed by atoms with Gasteiger partial charge in [0.15, 0.2) is 0 Å². The van der Waals surface area contributed by atoms with Gasteiger partial charge < -0.3 is 19.5 Å². The molecule has 2 N–H and O–H groups in total. The molecule has 2 atom stereocenters. The minimum Gasteiger partial charge on any atom is -0.491 e. The minimum absolute atomic E-state index is 0.363. The summed E-state index contributed by atoms with van der Waals surface area (Å²) >= 11 is 0. The molecule has 4 heteroatoms. The number of nitrogens with one attached hydrogen (secondary N) is 1. The summed E-state index contributed by atoms with van der Waals surface area (Å²) < 4.78 is 11.3. The van der Waals surface area contributed by atoms with Gasteiger partial charge in [-0.15, -0.1) is 0 Å². The maximum Gasteiger partial charge on any atom is 0.126 e. The van der Waals surface area contributed by atoms with Gasteiger partial charge >= 0.3 is 0 Å². The lowest BCUT2D eigenvalue weighted by Gasteiger charge is -2.27. The number of quaternary nitrogens is 1. The maximum absolute atomic E-state index is 10.2. The molecule has 3 rings (SSSR count). The normalized spacial score (nSPS) is 17.6. The summed E-state index contributed by atoms with van der Waals surface area (Å²) in [7, 11) is 0. The van der Waals surface area contributed by atoms with E-state index in [4.69, 9.17) is 9.47 Å². The van der Waals surface area contributed by atoms with Crippen LogP contribution in [0.1, 0.15) is 22.3 Å². The Labute approximate surface area is 156 Å². The maximum atomic E-state index is 10.2. The molecule has 0 bridgehead atoms. The minimum atomic E-state index is -0.433. The van der Waals surface area contributed by atoms with Gasteiger partial charge in [0.25, 0.3) is 0 Å². The van der Waals surface area contributed by atoms with Crippen LogP contribution in [-0.4, -0.2) is 44.1 Å². The Kier molecular flexibility index (Phi) is 6.67. The number of ether oxygens (including phenoxy) is 2. The van der Waals surface area contributed by atoms with Crippen LogP contribution in [0, 0.1) is 13.8 Å². The number of aliphatic hydroxyl groups is 1. The highest BCUT2D eigenvalue weighted by atomic mass is 16.5. The van der Waals surface area contributed by atoms with Crippen molar-refractivity contribution >= 4 is 0 Å². The van der Waals surface area contributed by atoms with E-state index >= 15 is 0 Å². The Morgan fingerprint density at radius 1 is 1.04 bits per heavy atom. The second kappa shape index (κ2) is 9.17. The van der Waals surface area contributed by atoms with Crippen LogP contribution >= 0.6 is 0 Å². The molecule has 0 radical (unpaired) electrons. The average Bonchev–Trinajstić information content (AvgIpc) is 2.64. The molecule has 0 saturated carbocycles. The third-order valence-electron chi connectivity index (χ3n) is 5.12. The van der Waals surface area contributed by atoms with E-state index in [1.165, 1.54) is 27.2 Å². The van der Waals surface area contributed by atoms with E-state index in [9.17, 15) is 5.11 Å². The Morgan fingerprint density at radius 3 is 2.65 bits per heavy atom. The largest absolute Gasteiger partial charge is 0.491 e. The van der Waals surface area contributed by atoms with Gasteiger partial charge in [0, 0.05) is 12.0 Å². The lowest BCUT2D eigenvalue weighted by atomic mass is 10.00. The number of hydrogen-bond donors (Lipinski definition) is 2. The third-order valence-corrected chi connectivity index (χ3v) is 5.12. The summed E-state index contributed by atoms with van der Waals surface area (Å²) in [5, 5.41) is 10.2. The van der Waals surface area contributed by atoms with Crippen LogP contribution in [-0.2, 0) is 17.7 Å². The van der Waals surface area contributed by atoms with E-state index in [1.807, 2.05) is 12.1 Å². The van der Waals surface area contributed by atoms with Crippen molar-refractivity contribution in [3.05, 3.63) is 64.7 Å². The average molecular weight is 356 g/mol. The molecule has 1 unspecified atom stereocenters. The molecule has 1 heterocycles. The molecule has 1 aliphatic rings. The first-order valence-corrected chi connectivity index (χ1v) is 9.48. The fraction of sp³-hybridized carbons (Fsp3) is 0.455. The first-order chi connectivity index (χ1) is 12.6. The second-order valence-electron chi connectivity index (χ2n) is 7.22. The smallest absolute Gasteiger partial charge is 0.126 e. The molecule has 0 amide bonds. The fourth-order valence-electron chi connectivity index (χ4n) is 3.45. The fourth-order valence-corrected chi connectivity index (χ4v) is 3.45. The zero-order chi connectivity index (χ0) is 18.4. The van der Waals surface area contributed by atoms with Gasteiger partial charge in [0.1, 0.15) is 31.5 Å². The van der Waals surface area contributed by atoms with Crippen LogP contribution in [0.15, 0.2) is 42.5 Å². The van der Waals surface area contributed by atoms with Gasteiger partial charge in [0.05, 0.1) is 19.8 Å². The summed E-state index contributed by atoms with van der Waals surface area (Å²) in [6.07, 6.45) is 0.653. The highest BCUT2D eigenvalue weighted by molar-refractivity contribution is 5.33. The van der Waals surface area contributed by atoms with Gasteiger partial charge in [-0.05, 0) is 42.7 Å². The van der Waals surface area contributed by atoms with Crippen molar-refractivity contribution in [2.45, 2.75) is 32.9 Å². The van der Waals surface area contributed by atoms with Gasteiger partial charge in [0.2, 0.25) is 0 Å². The zero-order valence-electron chi connectivity index (χ0n) is 15.8. The number of hydrogen-bond acceptors (Lipinski definition) is 3. The second-order valence-corrected chi connectivity index (χ2v) is 7.22. The molecule has 0 aliphatic carbocycles. The summed E-state index contributed by atoms with van der Waals surface area (Å²) in [5.74, 6) is 0.869. The van der Waals surface area contributed by atoms with E-state index in [-0.39, 0.29) is 0 Å². The Bertz CT molecular complexity index is 716. The molecule has 0 aromatic heterocycles. The molecular weight excluding hydrogens is 326 g/mol. The number of rotatable bonds is 8. The van der Waals surface area contributed by atoms with Crippen molar-refractivity contribution in [1.29, 1.82) is 0 Å². The summed E-state index contributed by atoms with van der Waals surface area (Å²) in [6, 6.07) is 14.7. The Hall–Kier alpha value is -1.88. The van der Waals surface area contributed by atoms with Crippen LogP contribution in [0.3, 0.4) is 0 Å². The van der Waals surface area contributed by atoms with Crippen LogP contribution in [0.5, 0.6) is 5.75 Å². The topological polar surface area (TPSA) is 43.1 Å². The van der Waals surface area contributed by atoms with E-state index in [0.717, 1.165) is 31.8 Å². The van der Waals surface area contributed by atoms with Crippen molar-refractivity contribution in [1.82, 2.24) is 0 Å². The zero-order valence-corrected chi connectivity index (χ0v) is 15.8.